The van der Waals surface area contributed by atoms with E-state index in [2.05, 4.69) is 0 Å². The second-order valence-electron chi connectivity index (χ2n) is 6.64. The molecule has 3 fully saturated rings. The molecule has 2 unspecified atom stereocenters. The third-order valence-electron chi connectivity index (χ3n) is 5.64. The van der Waals surface area contributed by atoms with Crippen LogP contribution in [0.3, 0.4) is 0 Å². The van der Waals surface area contributed by atoms with E-state index in [9.17, 15) is 25.5 Å². The summed E-state index contributed by atoms with van der Waals surface area (Å²) in [4.78, 5) is 1.76. The van der Waals surface area contributed by atoms with E-state index < -0.39 is 30.0 Å². The molecule has 0 aromatic rings. The first kappa shape index (κ1) is 14.7. The summed E-state index contributed by atoms with van der Waals surface area (Å²) in [6.45, 7) is -0.125. The highest BCUT2D eigenvalue weighted by Crippen LogP contribution is 2.52. The Labute approximate surface area is 118 Å². The fourth-order valence-electron chi connectivity index (χ4n) is 4.37. The van der Waals surface area contributed by atoms with Gasteiger partial charge in [-0.25, -0.2) is 0 Å². The van der Waals surface area contributed by atoms with Gasteiger partial charge in [-0.1, -0.05) is 19.3 Å². The molecule has 3 rings (SSSR count). The number of hydrogen-bond donors (Lipinski definition) is 5. The minimum absolute atomic E-state index is 0.185. The van der Waals surface area contributed by atoms with Crippen LogP contribution in [0.4, 0.5) is 0 Å². The molecule has 0 aromatic heterocycles. The van der Waals surface area contributed by atoms with Crippen LogP contribution in [0.25, 0.3) is 0 Å². The van der Waals surface area contributed by atoms with Crippen molar-refractivity contribution in [1.82, 2.24) is 4.90 Å². The minimum Gasteiger partial charge on any atom is -0.394 e. The third-order valence-corrected chi connectivity index (χ3v) is 5.64. The topological polar surface area (TPSA) is 104 Å². The maximum absolute atomic E-state index is 10.6. The maximum Gasteiger partial charge on any atom is 0.109 e. The van der Waals surface area contributed by atoms with Gasteiger partial charge in [0.25, 0.3) is 0 Å². The van der Waals surface area contributed by atoms with Gasteiger partial charge in [-0.3, -0.25) is 4.90 Å². The summed E-state index contributed by atoms with van der Waals surface area (Å²) in [5.74, 6) is 0.185. The van der Waals surface area contributed by atoms with Crippen LogP contribution < -0.4 is 0 Å². The smallest absolute Gasteiger partial charge is 0.109 e. The standard InChI is InChI=1S/C14H25NO5/c16-7-14-12(10(18)8-4-2-1-3-5-8)15(14)6-9(17)11(19)13(14)20/h8-13,16-20H,1-7H2/t9-,10?,11+,12+,13-,14-,15?/m0/s1. The third kappa shape index (κ3) is 1.94. The van der Waals surface area contributed by atoms with Crippen molar-refractivity contribution in [2.24, 2.45) is 5.92 Å². The Morgan fingerprint density at radius 1 is 1.10 bits per heavy atom. The number of nitrogens with zero attached hydrogens (tertiary/aromatic N) is 1. The number of β-amino-alcohol motifs (C(OH)–C–C–N with tert-alkyl or cyclic N) is 1. The lowest BCUT2D eigenvalue weighted by Gasteiger charge is -2.34. The molecule has 20 heavy (non-hydrogen) atoms. The number of hydrogen-bond acceptors (Lipinski definition) is 6. The first-order chi connectivity index (χ1) is 9.54. The Morgan fingerprint density at radius 2 is 1.75 bits per heavy atom. The highest BCUT2D eigenvalue weighted by molar-refractivity contribution is 5.27. The highest BCUT2D eigenvalue weighted by atomic mass is 16.4. The molecule has 6 nitrogen and oxygen atoms in total. The van der Waals surface area contributed by atoms with Gasteiger partial charge >= 0.3 is 0 Å². The summed E-state index contributed by atoms with van der Waals surface area (Å²) < 4.78 is 0. The van der Waals surface area contributed by atoms with Crippen LogP contribution in [-0.4, -0.2) is 79.6 Å². The Hall–Kier alpha value is -0.240. The average Bonchev–Trinajstić information content (AvgIpc) is 3.14. The largest absolute Gasteiger partial charge is 0.394 e. The zero-order valence-corrected chi connectivity index (χ0v) is 11.6. The molecule has 0 bridgehead atoms. The van der Waals surface area contributed by atoms with E-state index in [4.69, 9.17) is 0 Å². The van der Waals surface area contributed by atoms with Gasteiger partial charge in [0.1, 0.15) is 12.2 Å². The van der Waals surface area contributed by atoms with Crippen LogP contribution in [0.5, 0.6) is 0 Å². The van der Waals surface area contributed by atoms with Crippen molar-refractivity contribution in [3.05, 3.63) is 0 Å². The van der Waals surface area contributed by atoms with E-state index in [1.807, 2.05) is 0 Å². The summed E-state index contributed by atoms with van der Waals surface area (Å²) >= 11 is 0. The highest BCUT2D eigenvalue weighted by Gasteiger charge is 2.73. The lowest BCUT2D eigenvalue weighted by molar-refractivity contribution is -0.115. The molecule has 1 saturated carbocycles. The first-order valence-electron chi connectivity index (χ1n) is 7.64. The lowest BCUT2D eigenvalue weighted by atomic mass is 9.80. The number of aliphatic hydroxyl groups is 5. The summed E-state index contributed by atoms with van der Waals surface area (Å²) in [5.41, 5.74) is -0.977. The van der Waals surface area contributed by atoms with Crippen molar-refractivity contribution in [3.63, 3.8) is 0 Å². The van der Waals surface area contributed by atoms with Crippen molar-refractivity contribution in [3.8, 4) is 0 Å². The zero-order valence-electron chi connectivity index (χ0n) is 11.6. The number of rotatable bonds is 3. The molecular formula is C14H25NO5. The number of fused-ring (bicyclic) bond motifs is 1. The molecule has 1 aliphatic carbocycles. The van der Waals surface area contributed by atoms with Crippen LogP contribution in [-0.2, 0) is 0 Å². The molecule has 2 aliphatic heterocycles. The zero-order chi connectivity index (χ0) is 14.5. The van der Waals surface area contributed by atoms with E-state index in [-0.39, 0.29) is 25.1 Å². The molecule has 2 heterocycles. The van der Waals surface area contributed by atoms with Crippen molar-refractivity contribution in [2.45, 2.75) is 68.1 Å². The van der Waals surface area contributed by atoms with Gasteiger partial charge in [-0.2, -0.15) is 0 Å². The fraction of sp³-hybridized carbons (Fsp3) is 1.00. The van der Waals surface area contributed by atoms with E-state index in [1.165, 1.54) is 6.42 Å². The molecule has 0 radical (unpaired) electrons. The first-order valence-corrected chi connectivity index (χ1v) is 7.64. The summed E-state index contributed by atoms with van der Waals surface area (Å²) in [6.07, 6.45) is 1.21. The predicted molar refractivity (Wildman–Crippen MR) is 70.9 cm³/mol. The fourth-order valence-corrected chi connectivity index (χ4v) is 4.37. The molecule has 0 spiro atoms. The quantitative estimate of drug-likeness (QED) is 0.402. The lowest BCUT2D eigenvalue weighted by Crippen LogP contribution is -2.57. The van der Waals surface area contributed by atoms with Crippen LogP contribution in [0.2, 0.25) is 0 Å². The summed E-state index contributed by atoms with van der Waals surface area (Å²) in [5, 5.41) is 50.1. The monoisotopic (exact) mass is 287 g/mol. The Balaban J connectivity index is 1.77. The van der Waals surface area contributed by atoms with Crippen molar-refractivity contribution in [2.75, 3.05) is 13.2 Å². The maximum atomic E-state index is 10.6. The molecule has 116 valence electrons. The summed E-state index contributed by atoms with van der Waals surface area (Å²) in [6, 6.07) is -0.364. The number of aliphatic hydroxyl groups excluding tert-OH is 5. The van der Waals surface area contributed by atoms with Gasteiger partial charge in [0.05, 0.1) is 30.4 Å². The van der Waals surface area contributed by atoms with E-state index in [0.717, 1.165) is 25.7 Å². The van der Waals surface area contributed by atoms with E-state index in [1.54, 1.807) is 4.90 Å². The van der Waals surface area contributed by atoms with Crippen molar-refractivity contribution < 1.29 is 25.5 Å². The van der Waals surface area contributed by atoms with Gasteiger partial charge in [-0.05, 0) is 18.8 Å². The molecule has 7 atom stereocenters. The minimum atomic E-state index is -1.26. The second-order valence-corrected chi connectivity index (χ2v) is 6.64. The average molecular weight is 287 g/mol. The van der Waals surface area contributed by atoms with Crippen LogP contribution in [0, 0.1) is 5.92 Å². The predicted octanol–water partition coefficient (Wildman–Crippen LogP) is -1.56. The van der Waals surface area contributed by atoms with E-state index >= 15 is 0 Å². The van der Waals surface area contributed by atoms with Crippen LogP contribution >= 0.6 is 0 Å². The molecule has 2 saturated heterocycles. The van der Waals surface area contributed by atoms with Gasteiger partial charge in [0, 0.05) is 6.54 Å². The molecule has 3 aliphatic rings. The molecule has 6 heteroatoms. The Bertz CT molecular complexity index is 361. The number of piperidine rings is 1. The van der Waals surface area contributed by atoms with Crippen LogP contribution in [0.15, 0.2) is 0 Å². The summed E-state index contributed by atoms with van der Waals surface area (Å²) in [7, 11) is 0. The van der Waals surface area contributed by atoms with Crippen molar-refractivity contribution >= 4 is 0 Å². The Kier molecular flexibility index (Phi) is 3.81. The van der Waals surface area contributed by atoms with Gasteiger partial charge in [-0.15, -0.1) is 0 Å². The van der Waals surface area contributed by atoms with Gasteiger partial charge in [0.2, 0.25) is 0 Å². The van der Waals surface area contributed by atoms with Gasteiger partial charge in [0.15, 0.2) is 0 Å². The SMILES string of the molecule is OC[C@]12[C@@H](O)[C@H](O)[C@@H](O)CN1[C@@H]2C(O)C1CCCCC1. The molecule has 5 N–H and O–H groups in total. The molecule has 0 aromatic carbocycles. The van der Waals surface area contributed by atoms with Crippen LogP contribution in [0.1, 0.15) is 32.1 Å². The normalized spacial score (nSPS) is 50.5. The van der Waals surface area contributed by atoms with Crippen molar-refractivity contribution in [1.29, 1.82) is 0 Å². The van der Waals surface area contributed by atoms with E-state index in [0.29, 0.717) is 0 Å². The Morgan fingerprint density at radius 3 is 2.35 bits per heavy atom. The molecule has 0 amide bonds. The van der Waals surface area contributed by atoms with Gasteiger partial charge < -0.3 is 25.5 Å². The second kappa shape index (κ2) is 5.19. The molecular weight excluding hydrogens is 262 g/mol.